The Balaban J connectivity index is 2.17. The Labute approximate surface area is 128 Å². The van der Waals surface area contributed by atoms with E-state index in [0.29, 0.717) is 5.56 Å². The Bertz CT molecular complexity index is 632. The summed E-state index contributed by atoms with van der Waals surface area (Å²) in [6.45, 7) is 0. The fraction of sp³-hybridized carbons (Fsp3) is 0.533. The van der Waals surface area contributed by atoms with Crippen LogP contribution in [-0.2, 0) is 14.6 Å². The molecular weight excluding hydrogens is 314 g/mol. The number of aliphatic carboxylic acids is 1. The average Bonchev–Trinajstić information content (AvgIpc) is 2.74. The van der Waals surface area contributed by atoms with Crippen LogP contribution in [0.25, 0.3) is 0 Å². The summed E-state index contributed by atoms with van der Waals surface area (Å²) in [6, 6.07) is 5.60. The van der Waals surface area contributed by atoms with Crippen molar-refractivity contribution >= 4 is 15.8 Å². The molecule has 1 aromatic carbocycles. The van der Waals surface area contributed by atoms with E-state index in [1.165, 1.54) is 24.3 Å². The van der Waals surface area contributed by atoms with Gasteiger partial charge in [-0.15, -0.1) is 0 Å². The normalized spacial score (nSPS) is 26.8. The van der Waals surface area contributed by atoms with Gasteiger partial charge in [0.05, 0.1) is 10.8 Å². The van der Waals surface area contributed by atoms with Gasteiger partial charge in [-0.2, -0.15) is 0 Å². The van der Waals surface area contributed by atoms with Gasteiger partial charge in [0, 0.05) is 6.26 Å². The Morgan fingerprint density at radius 2 is 1.73 bits per heavy atom. The lowest BCUT2D eigenvalue weighted by Crippen LogP contribution is -2.15. The maximum atomic E-state index is 13.2. The maximum Gasteiger partial charge on any atom is 0.310 e. The van der Waals surface area contributed by atoms with Crippen molar-refractivity contribution in [1.29, 1.82) is 0 Å². The van der Waals surface area contributed by atoms with Crippen molar-refractivity contribution in [3.05, 3.63) is 29.8 Å². The molecule has 1 aliphatic rings. The lowest BCUT2D eigenvalue weighted by atomic mass is 9.88. The molecule has 0 amide bonds. The minimum atomic E-state index is -3.35. The molecule has 1 N–H and O–H groups in total. The van der Waals surface area contributed by atoms with Gasteiger partial charge in [0.2, 0.25) is 0 Å². The van der Waals surface area contributed by atoms with Crippen LogP contribution in [0.1, 0.15) is 30.7 Å². The van der Waals surface area contributed by atoms with Gasteiger partial charge in [0.1, 0.15) is 12.3 Å². The zero-order chi connectivity index (χ0) is 16.5. The molecule has 122 valence electrons. The molecule has 0 radical (unpaired) electrons. The fourth-order valence-corrected chi connectivity index (χ4v) is 3.51. The first-order valence-electron chi connectivity index (χ1n) is 6.99. The molecule has 0 aromatic heterocycles. The fourth-order valence-electron chi connectivity index (χ4n) is 2.88. The number of rotatable bonds is 5. The highest BCUT2D eigenvalue weighted by Gasteiger charge is 2.37. The average molecular weight is 332 g/mol. The molecule has 1 aromatic rings. The summed E-state index contributed by atoms with van der Waals surface area (Å²) >= 11 is 0. The standard InChI is InChI=1S/C15H18F2O4S/c1-22(20,21)11-4-2-10(3-5-11)12(15(18)19)6-9-7-13(16)14(17)8-9/h2-5,9,12-14H,6-8H2,1H3,(H,18,19). The topological polar surface area (TPSA) is 71.4 Å². The van der Waals surface area contributed by atoms with Crippen molar-refractivity contribution in [1.82, 2.24) is 0 Å². The third-order valence-corrected chi connectivity index (χ3v) is 5.22. The molecule has 1 saturated carbocycles. The van der Waals surface area contributed by atoms with Crippen LogP contribution in [0.15, 0.2) is 29.2 Å². The van der Waals surface area contributed by atoms with Crippen molar-refractivity contribution in [2.24, 2.45) is 5.92 Å². The number of hydrogen-bond acceptors (Lipinski definition) is 3. The minimum absolute atomic E-state index is 0.0341. The highest BCUT2D eigenvalue weighted by molar-refractivity contribution is 7.90. The van der Waals surface area contributed by atoms with E-state index >= 15 is 0 Å². The van der Waals surface area contributed by atoms with Crippen LogP contribution in [0.2, 0.25) is 0 Å². The molecule has 1 aliphatic carbocycles. The van der Waals surface area contributed by atoms with Gasteiger partial charge in [-0.05, 0) is 42.9 Å². The number of benzene rings is 1. The first-order valence-corrected chi connectivity index (χ1v) is 8.88. The number of sulfone groups is 1. The number of halogens is 2. The molecule has 3 atom stereocenters. The van der Waals surface area contributed by atoms with Crippen LogP contribution >= 0.6 is 0 Å². The van der Waals surface area contributed by atoms with Crippen LogP contribution in [-0.4, -0.2) is 38.1 Å². The Hall–Kier alpha value is -1.50. The van der Waals surface area contributed by atoms with Crippen molar-refractivity contribution < 1.29 is 27.1 Å². The van der Waals surface area contributed by atoms with Crippen molar-refractivity contribution in [2.75, 3.05) is 6.26 Å². The predicted octanol–water partition coefficient (Wildman–Crippen LogP) is 2.73. The molecule has 0 bridgehead atoms. The highest BCUT2D eigenvalue weighted by Crippen LogP contribution is 2.37. The zero-order valence-corrected chi connectivity index (χ0v) is 12.9. The van der Waals surface area contributed by atoms with Crippen LogP contribution < -0.4 is 0 Å². The van der Waals surface area contributed by atoms with Crippen molar-refractivity contribution in [3.63, 3.8) is 0 Å². The molecule has 0 saturated heterocycles. The summed E-state index contributed by atoms with van der Waals surface area (Å²) in [6.07, 6.45) is -1.76. The largest absolute Gasteiger partial charge is 0.481 e. The maximum absolute atomic E-state index is 13.2. The molecule has 3 unspecified atom stereocenters. The summed E-state index contributed by atoms with van der Waals surface area (Å²) in [7, 11) is -3.35. The number of hydrogen-bond donors (Lipinski definition) is 1. The molecule has 2 rings (SSSR count). The number of carboxylic acid groups (broad SMARTS) is 1. The minimum Gasteiger partial charge on any atom is -0.481 e. The van der Waals surface area contributed by atoms with E-state index < -0.39 is 34.1 Å². The Morgan fingerprint density at radius 3 is 2.14 bits per heavy atom. The highest BCUT2D eigenvalue weighted by atomic mass is 32.2. The lowest BCUT2D eigenvalue weighted by molar-refractivity contribution is -0.139. The van der Waals surface area contributed by atoms with E-state index in [9.17, 15) is 27.1 Å². The summed E-state index contributed by atoms with van der Waals surface area (Å²) in [5.41, 5.74) is 0.442. The Morgan fingerprint density at radius 1 is 1.23 bits per heavy atom. The molecular formula is C15H18F2O4S. The predicted molar refractivity (Wildman–Crippen MR) is 77.1 cm³/mol. The lowest BCUT2D eigenvalue weighted by Gasteiger charge is -2.17. The van der Waals surface area contributed by atoms with E-state index in [1.54, 1.807) is 0 Å². The quantitative estimate of drug-likeness (QED) is 0.900. The summed E-state index contributed by atoms with van der Waals surface area (Å²) in [4.78, 5) is 11.5. The number of alkyl halides is 2. The second-order valence-electron chi connectivity index (χ2n) is 5.84. The second-order valence-corrected chi connectivity index (χ2v) is 7.85. The van der Waals surface area contributed by atoms with Gasteiger partial charge < -0.3 is 5.11 Å². The monoisotopic (exact) mass is 332 g/mol. The van der Waals surface area contributed by atoms with Crippen LogP contribution in [0.3, 0.4) is 0 Å². The molecule has 0 heterocycles. The van der Waals surface area contributed by atoms with Crippen LogP contribution in [0.5, 0.6) is 0 Å². The number of carboxylic acids is 1. The van der Waals surface area contributed by atoms with Crippen LogP contribution in [0.4, 0.5) is 8.78 Å². The first-order chi connectivity index (χ1) is 10.2. The summed E-state index contributed by atoms with van der Waals surface area (Å²) < 4.78 is 49.2. The van der Waals surface area contributed by atoms with Crippen molar-refractivity contribution in [3.8, 4) is 0 Å². The van der Waals surface area contributed by atoms with E-state index in [2.05, 4.69) is 0 Å². The molecule has 1 fully saturated rings. The van der Waals surface area contributed by atoms with Gasteiger partial charge in [0.15, 0.2) is 9.84 Å². The van der Waals surface area contributed by atoms with E-state index in [-0.39, 0.29) is 30.1 Å². The second kappa shape index (κ2) is 6.32. The summed E-state index contributed by atoms with van der Waals surface area (Å²) in [5.74, 6) is -2.29. The zero-order valence-electron chi connectivity index (χ0n) is 12.1. The SMILES string of the molecule is CS(=O)(=O)c1ccc(C(CC2CC(F)C(F)C2)C(=O)O)cc1. The third-order valence-electron chi connectivity index (χ3n) is 4.09. The van der Waals surface area contributed by atoms with E-state index in [1.807, 2.05) is 0 Å². The first kappa shape index (κ1) is 16.9. The molecule has 0 spiro atoms. The van der Waals surface area contributed by atoms with Gasteiger partial charge in [0.25, 0.3) is 0 Å². The van der Waals surface area contributed by atoms with Gasteiger partial charge >= 0.3 is 5.97 Å². The molecule has 22 heavy (non-hydrogen) atoms. The molecule has 7 heteroatoms. The van der Waals surface area contributed by atoms with E-state index in [0.717, 1.165) is 6.26 Å². The molecule has 4 nitrogen and oxygen atoms in total. The smallest absolute Gasteiger partial charge is 0.310 e. The van der Waals surface area contributed by atoms with E-state index in [4.69, 9.17) is 0 Å². The van der Waals surface area contributed by atoms with Crippen LogP contribution in [0, 0.1) is 5.92 Å². The van der Waals surface area contributed by atoms with Crippen molar-refractivity contribution in [2.45, 2.75) is 42.4 Å². The summed E-state index contributed by atoms with van der Waals surface area (Å²) in [5, 5.41) is 9.34. The molecule has 0 aliphatic heterocycles. The van der Waals surface area contributed by atoms with Gasteiger partial charge in [-0.25, -0.2) is 17.2 Å². The number of carbonyl (C=O) groups is 1. The van der Waals surface area contributed by atoms with Gasteiger partial charge in [-0.3, -0.25) is 4.79 Å². The Kier molecular flexibility index (Phi) is 4.84. The van der Waals surface area contributed by atoms with Gasteiger partial charge in [-0.1, -0.05) is 12.1 Å². The third kappa shape index (κ3) is 3.82.